The van der Waals surface area contributed by atoms with E-state index in [0.717, 1.165) is 39.1 Å². The van der Waals surface area contributed by atoms with E-state index in [4.69, 9.17) is 4.74 Å². The highest BCUT2D eigenvalue weighted by Crippen LogP contribution is 2.15. The van der Waals surface area contributed by atoms with Gasteiger partial charge in [0.1, 0.15) is 6.54 Å². The second-order valence-electron chi connectivity index (χ2n) is 7.13. The third kappa shape index (κ3) is 6.82. The maximum absolute atomic E-state index is 11.8. The van der Waals surface area contributed by atoms with Crippen molar-refractivity contribution in [1.29, 1.82) is 0 Å². The zero-order valence-corrected chi connectivity index (χ0v) is 16.1. The molecule has 2 rings (SSSR count). The molecule has 144 valence electrons. The molecule has 0 aromatic rings. The minimum Gasteiger partial charge on any atom is -0.376 e. The van der Waals surface area contributed by atoms with Crippen LogP contribution in [0.15, 0.2) is 4.99 Å². The van der Waals surface area contributed by atoms with E-state index in [9.17, 15) is 4.79 Å². The molecule has 0 aliphatic carbocycles. The number of aliphatic imine (C=N–C) groups is 1. The first-order valence-corrected chi connectivity index (χ1v) is 9.68. The Morgan fingerprint density at radius 3 is 2.68 bits per heavy atom. The fraction of sp³-hybridized carbons (Fsp3) is 0.889. The van der Waals surface area contributed by atoms with Gasteiger partial charge in [-0.05, 0) is 45.2 Å². The second-order valence-corrected chi connectivity index (χ2v) is 7.13. The van der Waals surface area contributed by atoms with Crippen molar-refractivity contribution in [1.82, 2.24) is 20.4 Å². The van der Waals surface area contributed by atoms with Crippen molar-refractivity contribution in [2.75, 3.05) is 53.4 Å². The number of rotatable bonds is 7. The molecule has 2 unspecified atom stereocenters. The second kappa shape index (κ2) is 10.6. The minimum absolute atomic E-state index is 0.00562. The van der Waals surface area contributed by atoms with Crippen molar-refractivity contribution < 1.29 is 9.53 Å². The monoisotopic (exact) mass is 353 g/mol. The topological polar surface area (TPSA) is 69.2 Å². The molecule has 2 aliphatic heterocycles. The minimum atomic E-state index is 0.00562. The smallest absolute Gasteiger partial charge is 0.243 e. The van der Waals surface area contributed by atoms with Gasteiger partial charge in [0.2, 0.25) is 5.91 Å². The molecule has 7 heteroatoms. The summed E-state index contributed by atoms with van der Waals surface area (Å²) in [5.41, 5.74) is 0. The molecule has 1 amide bonds. The SMILES string of the molecule is CCN1CCCC1CNC(=NCC(=O)N(C)C)NCC1CCCCO1. The van der Waals surface area contributed by atoms with E-state index < -0.39 is 0 Å². The molecular formula is C18H35N5O2. The van der Waals surface area contributed by atoms with Crippen molar-refractivity contribution in [3.63, 3.8) is 0 Å². The van der Waals surface area contributed by atoms with Crippen LogP contribution in [-0.4, -0.2) is 87.2 Å². The quantitative estimate of drug-likeness (QED) is 0.520. The van der Waals surface area contributed by atoms with Gasteiger partial charge in [-0.25, -0.2) is 4.99 Å². The molecule has 25 heavy (non-hydrogen) atoms. The van der Waals surface area contributed by atoms with Crippen molar-refractivity contribution in [3.8, 4) is 0 Å². The van der Waals surface area contributed by atoms with Gasteiger partial charge >= 0.3 is 0 Å². The lowest BCUT2D eigenvalue weighted by Crippen LogP contribution is -2.47. The summed E-state index contributed by atoms with van der Waals surface area (Å²) < 4.78 is 5.78. The van der Waals surface area contributed by atoms with Crippen LogP contribution >= 0.6 is 0 Å². The number of carbonyl (C=O) groups is 1. The van der Waals surface area contributed by atoms with Crippen LogP contribution in [0.25, 0.3) is 0 Å². The Morgan fingerprint density at radius 2 is 2.00 bits per heavy atom. The predicted octanol–water partition coefficient (Wildman–Crippen LogP) is 0.663. The summed E-state index contributed by atoms with van der Waals surface area (Å²) in [6.07, 6.45) is 6.18. The van der Waals surface area contributed by atoms with E-state index in [1.165, 1.54) is 25.8 Å². The molecule has 7 nitrogen and oxygen atoms in total. The van der Waals surface area contributed by atoms with E-state index in [2.05, 4.69) is 27.4 Å². The lowest BCUT2D eigenvalue weighted by atomic mass is 10.1. The van der Waals surface area contributed by atoms with Crippen LogP contribution < -0.4 is 10.6 Å². The Morgan fingerprint density at radius 1 is 1.20 bits per heavy atom. The average molecular weight is 354 g/mol. The highest BCUT2D eigenvalue weighted by atomic mass is 16.5. The Labute approximate surface area is 152 Å². The van der Waals surface area contributed by atoms with Crippen LogP contribution in [0.1, 0.15) is 39.0 Å². The standard InChI is InChI=1S/C18H35N5O2/c1-4-23-10-7-8-15(23)12-19-18(21-14-17(24)22(2)3)20-13-16-9-5-6-11-25-16/h15-16H,4-14H2,1-3H3,(H2,19,20,21). The molecule has 0 spiro atoms. The van der Waals surface area contributed by atoms with Crippen LogP contribution in [0.4, 0.5) is 0 Å². The fourth-order valence-corrected chi connectivity index (χ4v) is 3.40. The van der Waals surface area contributed by atoms with Gasteiger partial charge in [-0.2, -0.15) is 0 Å². The van der Waals surface area contributed by atoms with Crippen molar-refractivity contribution >= 4 is 11.9 Å². The molecule has 2 heterocycles. The van der Waals surface area contributed by atoms with Gasteiger partial charge in [0.25, 0.3) is 0 Å². The maximum atomic E-state index is 11.8. The normalized spacial score (nSPS) is 25.0. The predicted molar refractivity (Wildman–Crippen MR) is 101 cm³/mol. The zero-order chi connectivity index (χ0) is 18.1. The van der Waals surface area contributed by atoms with Gasteiger partial charge in [0.05, 0.1) is 6.10 Å². The van der Waals surface area contributed by atoms with Crippen LogP contribution in [0.5, 0.6) is 0 Å². The largest absolute Gasteiger partial charge is 0.376 e. The first kappa shape index (κ1) is 20.0. The summed E-state index contributed by atoms with van der Waals surface area (Å²) in [6.45, 7) is 7.08. The van der Waals surface area contributed by atoms with Crippen LogP contribution in [0.2, 0.25) is 0 Å². The number of hydrogen-bond acceptors (Lipinski definition) is 4. The summed E-state index contributed by atoms with van der Waals surface area (Å²) in [7, 11) is 3.51. The fourth-order valence-electron chi connectivity index (χ4n) is 3.40. The number of ether oxygens (including phenoxy) is 1. The average Bonchev–Trinajstić information content (AvgIpc) is 3.09. The number of guanidine groups is 1. The van der Waals surface area contributed by atoms with Crippen LogP contribution in [0.3, 0.4) is 0 Å². The van der Waals surface area contributed by atoms with Crippen LogP contribution in [0, 0.1) is 0 Å². The number of hydrogen-bond donors (Lipinski definition) is 2. The summed E-state index contributed by atoms with van der Waals surface area (Å²) in [5.74, 6) is 0.721. The molecule has 2 aliphatic rings. The number of amides is 1. The van der Waals surface area contributed by atoms with Crippen molar-refractivity contribution in [3.05, 3.63) is 0 Å². The van der Waals surface area contributed by atoms with Gasteiger partial charge in [0.15, 0.2) is 5.96 Å². The number of nitrogens with zero attached hydrogens (tertiary/aromatic N) is 3. The molecule has 0 bridgehead atoms. The molecular weight excluding hydrogens is 318 g/mol. The molecule has 2 saturated heterocycles. The first-order chi connectivity index (χ1) is 12.1. The maximum Gasteiger partial charge on any atom is 0.243 e. The summed E-state index contributed by atoms with van der Waals surface area (Å²) in [5, 5.41) is 6.80. The molecule has 0 radical (unpaired) electrons. The van der Waals surface area contributed by atoms with Gasteiger partial charge in [-0.3, -0.25) is 9.69 Å². The zero-order valence-electron chi connectivity index (χ0n) is 16.1. The Kier molecular flexibility index (Phi) is 8.48. The lowest BCUT2D eigenvalue weighted by molar-refractivity contribution is -0.127. The number of likely N-dealkylation sites (tertiary alicyclic amines) is 1. The van der Waals surface area contributed by atoms with E-state index in [0.29, 0.717) is 12.0 Å². The molecule has 2 fully saturated rings. The summed E-state index contributed by atoms with van der Waals surface area (Å²) in [4.78, 5) is 20.4. The molecule has 0 saturated carbocycles. The lowest BCUT2D eigenvalue weighted by Gasteiger charge is -2.26. The molecule has 0 aromatic carbocycles. The number of carbonyl (C=O) groups excluding carboxylic acids is 1. The molecule has 2 atom stereocenters. The third-order valence-electron chi connectivity index (χ3n) is 5.05. The van der Waals surface area contributed by atoms with E-state index in [1.807, 2.05) is 0 Å². The number of nitrogens with one attached hydrogen (secondary N) is 2. The van der Waals surface area contributed by atoms with Gasteiger partial charge < -0.3 is 20.3 Å². The number of likely N-dealkylation sites (N-methyl/N-ethyl adjacent to an activating group) is 2. The third-order valence-corrected chi connectivity index (χ3v) is 5.05. The van der Waals surface area contributed by atoms with Crippen LogP contribution in [-0.2, 0) is 9.53 Å². The molecule has 2 N–H and O–H groups in total. The van der Waals surface area contributed by atoms with Gasteiger partial charge in [-0.15, -0.1) is 0 Å². The van der Waals surface area contributed by atoms with Gasteiger partial charge in [-0.1, -0.05) is 6.92 Å². The molecule has 0 aromatic heterocycles. The van der Waals surface area contributed by atoms with E-state index in [-0.39, 0.29) is 18.6 Å². The highest BCUT2D eigenvalue weighted by molar-refractivity contribution is 5.84. The first-order valence-electron chi connectivity index (χ1n) is 9.68. The summed E-state index contributed by atoms with van der Waals surface area (Å²) in [6, 6.07) is 0.549. The van der Waals surface area contributed by atoms with Gasteiger partial charge in [0, 0.05) is 39.8 Å². The van der Waals surface area contributed by atoms with E-state index in [1.54, 1.807) is 19.0 Å². The van der Waals surface area contributed by atoms with E-state index >= 15 is 0 Å². The van der Waals surface area contributed by atoms with Crippen molar-refractivity contribution in [2.45, 2.75) is 51.2 Å². The highest BCUT2D eigenvalue weighted by Gasteiger charge is 2.23. The summed E-state index contributed by atoms with van der Waals surface area (Å²) >= 11 is 0. The Balaban J connectivity index is 1.86. The van der Waals surface area contributed by atoms with Crippen molar-refractivity contribution in [2.24, 2.45) is 4.99 Å². The Hall–Kier alpha value is -1.34. The Bertz CT molecular complexity index is 435.